The number of nitrogens with one attached hydrogen (secondary N) is 2. The van der Waals surface area contributed by atoms with Gasteiger partial charge >= 0.3 is 0 Å². The summed E-state index contributed by atoms with van der Waals surface area (Å²) in [7, 11) is 0. The van der Waals surface area contributed by atoms with E-state index in [-0.39, 0.29) is 0 Å². The molecule has 2 N–H and O–H groups in total. The van der Waals surface area contributed by atoms with E-state index >= 15 is 0 Å². The van der Waals surface area contributed by atoms with E-state index in [4.69, 9.17) is 0 Å². The summed E-state index contributed by atoms with van der Waals surface area (Å²) in [5.41, 5.74) is 1.26. The minimum atomic E-state index is -4.40. The Bertz CT molecular complexity index is 386. The van der Waals surface area contributed by atoms with Crippen molar-refractivity contribution in [1.82, 2.24) is 10.6 Å². The number of benzene rings is 1. The molecule has 0 atom stereocenters. The summed E-state index contributed by atoms with van der Waals surface area (Å²) >= 11 is 0.465. The van der Waals surface area contributed by atoms with Gasteiger partial charge in [0.2, 0.25) is 0 Å². The molecule has 0 aliphatic rings. The minimum absolute atomic E-state index is 0.307. The van der Waals surface area contributed by atoms with Crippen LogP contribution in [0.25, 0.3) is 0 Å². The van der Waals surface area contributed by atoms with Crippen LogP contribution >= 0.6 is 18.2 Å². The molecule has 1 aromatic rings. The summed E-state index contributed by atoms with van der Waals surface area (Å²) in [6.07, 6.45) is 0.962. The van der Waals surface area contributed by atoms with Crippen molar-refractivity contribution < 1.29 is 14.4 Å². The van der Waals surface area contributed by atoms with Gasteiger partial charge in [0.25, 0.3) is 0 Å². The van der Waals surface area contributed by atoms with Crippen LogP contribution in [0.4, 0.5) is 0 Å². The van der Waals surface area contributed by atoms with Crippen molar-refractivity contribution in [3.05, 3.63) is 35.9 Å². The molecule has 0 spiro atoms. The highest BCUT2D eigenvalue weighted by atomic mass is 32.7. The number of hydrogen-bond donors (Lipinski definition) is 2. The van der Waals surface area contributed by atoms with E-state index < -0.39 is 6.80 Å². The van der Waals surface area contributed by atoms with E-state index in [2.05, 4.69) is 22.8 Å². The summed E-state index contributed by atoms with van der Waals surface area (Å²) in [5.74, 6) is 0.307. The van der Waals surface area contributed by atoms with E-state index in [1.54, 1.807) is 0 Å². The minimum Gasteiger partial charge on any atom is -0.803 e. The first kappa shape index (κ1) is 16.7. The van der Waals surface area contributed by atoms with E-state index in [1.807, 2.05) is 18.2 Å². The first-order valence-corrected chi connectivity index (χ1v) is 9.33. The van der Waals surface area contributed by atoms with Crippen LogP contribution in [-0.4, -0.2) is 25.4 Å². The van der Waals surface area contributed by atoms with Crippen LogP contribution in [0.1, 0.15) is 12.0 Å². The molecule has 0 amide bonds. The summed E-state index contributed by atoms with van der Waals surface area (Å²) in [5, 5.41) is 6.42. The fourth-order valence-electron chi connectivity index (χ4n) is 1.52. The van der Waals surface area contributed by atoms with Gasteiger partial charge in [-0.05, 0) is 31.9 Å². The Kier molecular flexibility index (Phi) is 8.37. The summed E-state index contributed by atoms with van der Waals surface area (Å²) in [6, 6.07) is 10.2. The van der Waals surface area contributed by atoms with Crippen LogP contribution < -0.4 is 20.4 Å². The molecule has 0 bridgehead atoms. The second kappa shape index (κ2) is 9.53. The van der Waals surface area contributed by atoms with Crippen molar-refractivity contribution in [3.63, 3.8) is 0 Å². The standard InChI is InChI=1S/C12H21N2O3PS/c15-18(16,17)19-10-9-13-7-4-8-14-11-12-5-2-1-3-6-12/h1-3,5-6,13-14H,4,7-11H2,(H2,15,16,17)/p-2. The zero-order chi connectivity index (χ0) is 14.0. The van der Waals surface area contributed by atoms with Gasteiger partial charge in [0, 0.05) is 18.8 Å². The molecule has 1 aromatic carbocycles. The number of hydrogen-bond acceptors (Lipinski definition) is 6. The Balaban J connectivity index is 1.88. The molecule has 1 rings (SSSR count). The third-order valence-electron chi connectivity index (χ3n) is 2.41. The fraction of sp³-hybridized carbons (Fsp3) is 0.500. The summed E-state index contributed by atoms with van der Waals surface area (Å²) in [6.45, 7) is -1.30. The Morgan fingerprint density at radius 1 is 1.05 bits per heavy atom. The molecule has 0 saturated carbocycles. The smallest absolute Gasteiger partial charge is 0.0205 e. The van der Waals surface area contributed by atoms with Gasteiger partial charge in [0.05, 0.1) is 0 Å². The molecule has 0 aromatic heterocycles. The van der Waals surface area contributed by atoms with E-state index in [0.29, 0.717) is 23.7 Å². The highest BCUT2D eigenvalue weighted by Gasteiger charge is 1.93. The van der Waals surface area contributed by atoms with Crippen LogP contribution in [-0.2, 0) is 11.1 Å². The Morgan fingerprint density at radius 3 is 2.42 bits per heavy atom. The zero-order valence-corrected chi connectivity index (χ0v) is 12.4. The van der Waals surface area contributed by atoms with E-state index in [9.17, 15) is 14.4 Å². The van der Waals surface area contributed by atoms with Crippen molar-refractivity contribution in [2.24, 2.45) is 0 Å². The number of rotatable bonds is 10. The molecule has 0 heterocycles. The first-order valence-electron chi connectivity index (χ1n) is 6.20. The van der Waals surface area contributed by atoms with E-state index in [0.717, 1.165) is 26.1 Å². The van der Waals surface area contributed by atoms with Gasteiger partial charge in [-0.3, -0.25) is 0 Å². The molecular formula is C12H19N2O3PS-2. The fourth-order valence-corrected chi connectivity index (χ4v) is 2.93. The molecule has 0 radical (unpaired) electrons. The van der Waals surface area contributed by atoms with Gasteiger partial charge in [-0.15, -0.1) is 11.4 Å². The molecule has 0 fully saturated rings. The monoisotopic (exact) mass is 302 g/mol. The maximum atomic E-state index is 10.3. The topological polar surface area (TPSA) is 87.2 Å². The Labute approximate surface area is 118 Å². The molecular weight excluding hydrogens is 283 g/mol. The SMILES string of the molecule is O=P([O-])([O-])SCCNCCCNCc1ccccc1. The second-order valence-electron chi connectivity index (χ2n) is 4.05. The lowest BCUT2D eigenvalue weighted by Gasteiger charge is -2.27. The molecule has 19 heavy (non-hydrogen) atoms. The second-order valence-corrected chi connectivity index (χ2v) is 7.72. The molecule has 7 heteroatoms. The van der Waals surface area contributed by atoms with E-state index in [1.165, 1.54) is 5.56 Å². The molecule has 0 aliphatic heterocycles. The van der Waals surface area contributed by atoms with Crippen molar-refractivity contribution in [3.8, 4) is 0 Å². The zero-order valence-electron chi connectivity index (χ0n) is 10.7. The quantitative estimate of drug-likeness (QED) is 0.478. The maximum absolute atomic E-state index is 10.3. The predicted octanol–water partition coefficient (Wildman–Crippen LogP) is 0.318. The van der Waals surface area contributed by atoms with Gasteiger partial charge in [0.15, 0.2) is 0 Å². The molecule has 0 saturated heterocycles. The average molecular weight is 302 g/mol. The van der Waals surface area contributed by atoms with Crippen molar-refractivity contribution in [1.29, 1.82) is 0 Å². The lowest BCUT2D eigenvalue weighted by Crippen LogP contribution is -2.24. The van der Waals surface area contributed by atoms with Gasteiger partial charge < -0.3 is 25.0 Å². The lowest BCUT2D eigenvalue weighted by molar-refractivity contribution is -0.302. The van der Waals surface area contributed by atoms with Crippen LogP contribution in [0.15, 0.2) is 30.3 Å². The molecule has 0 unspecified atom stereocenters. The van der Waals surface area contributed by atoms with Gasteiger partial charge in [-0.1, -0.05) is 30.3 Å². The van der Waals surface area contributed by atoms with Crippen molar-refractivity contribution in [2.45, 2.75) is 13.0 Å². The largest absolute Gasteiger partial charge is 0.803 e. The van der Waals surface area contributed by atoms with Crippen LogP contribution in [0.3, 0.4) is 0 Å². The van der Waals surface area contributed by atoms with Crippen molar-refractivity contribution >= 4 is 18.2 Å². The summed E-state index contributed by atoms with van der Waals surface area (Å²) in [4.78, 5) is 20.7. The molecule has 5 nitrogen and oxygen atoms in total. The Morgan fingerprint density at radius 2 is 1.74 bits per heavy atom. The van der Waals surface area contributed by atoms with Gasteiger partial charge in [-0.25, -0.2) is 0 Å². The highest BCUT2D eigenvalue weighted by molar-refractivity contribution is 8.53. The van der Waals surface area contributed by atoms with Crippen LogP contribution in [0.5, 0.6) is 0 Å². The third-order valence-corrected chi connectivity index (χ3v) is 4.61. The predicted molar refractivity (Wildman–Crippen MR) is 75.7 cm³/mol. The van der Waals surface area contributed by atoms with Gasteiger partial charge in [0.1, 0.15) is 0 Å². The molecule has 0 aliphatic carbocycles. The summed E-state index contributed by atoms with van der Waals surface area (Å²) < 4.78 is 10.3. The Hall–Kier alpha value is -0.360. The lowest BCUT2D eigenvalue weighted by atomic mass is 10.2. The highest BCUT2D eigenvalue weighted by Crippen LogP contribution is 2.40. The van der Waals surface area contributed by atoms with Crippen LogP contribution in [0.2, 0.25) is 0 Å². The third kappa shape index (κ3) is 10.1. The molecule has 108 valence electrons. The van der Waals surface area contributed by atoms with Crippen LogP contribution in [0, 0.1) is 0 Å². The normalized spacial score (nSPS) is 11.7. The average Bonchev–Trinajstić information content (AvgIpc) is 2.37. The van der Waals surface area contributed by atoms with Gasteiger partial charge in [-0.2, -0.15) is 0 Å². The maximum Gasteiger partial charge on any atom is 0.0205 e. The first-order chi connectivity index (χ1) is 9.08. The van der Waals surface area contributed by atoms with Crippen molar-refractivity contribution in [2.75, 3.05) is 25.4 Å².